The zero-order valence-electron chi connectivity index (χ0n) is 20.0. The minimum atomic E-state index is -4.48. The van der Waals surface area contributed by atoms with Crippen LogP contribution in [0.15, 0.2) is 18.3 Å². The summed E-state index contributed by atoms with van der Waals surface area (Å²) in [4.78, 5) is 17.5. The smallest absolute Gasteiger partial charge is 0.422 e. The molecule has 13 heteroatoms. The Morgan fingerprint density at radius 1 is 1.12 bits per heavy atom. The van der Waals surface area contributed by atoms with Gasteiger partial charge in [0.15, 0.2) is 0 Å². The molecule has 0 aliphatic heterocycles. The van der Waals surface area contributed by atoms with E-state index in [0.717, 1.165) is 4.90 Å². The fraction of sp³-hybridized carbons (Fsp3) is 0.700. The topological polar surface area (TPSA) is 99.2 Å². The monoisotopic (exact) mass is 499 g/mol. The van der Waals surface area contributed by atoms with Crippen LogP contribution < -0.4 is 5.32 Å². The summed E-state index contributed by atoms with van der Waals surface area (Å²) in [5.74, 6) is 0.403. The number of rotatable bonds is 10. The Balaban J connectivity index is 2.93. The number of hydrogen-bond donors (Lipinski definition) is 1. The van der Waals surface area contributed by atoms with Gasteiger partial charge in [0, 0.05) is 25.4 Å². The SMILES string of the molecule is CNc1ncccc1CN(CCC(F)(F)F)C(=O)OCOP(=O)(OC(C)(C)C)OC(C)(C)C. The Morgan fingerprint density at radius 2 is 1.70 bits per heavy atom. The minimum Gasteiger partial charge on any atom is -0.422 e. The number of ether oxygens (including phenoxy) is 1. The van der Waals surface area contributed by atoms with Crippen LogP contribution in [-0.2, 0) is 29.4 Å². The number of nitrogens with zero attached hydrogens (tertiary/aromatic N) is 2. The van der Waals surface area contributed by atoms with Gasteiger partial charge in [0.2, 0.25) is 6.79 Å². The second-order valence-electron chi connectivity index (χ2n) is 9.06. The van der Waals surface area contributed by atoms with E-state index < -0.39 is 51.1 Å². The predicted molar refractivity (Wildman–Crippen MR) is 117 cm³/mol. The second-order valence-corrected chi connectivity index (χ2v) is 10.6. The first-order valence-corrected chi connectivity index (χ1v) is 11.7. The lowest BCUT2D eigenvalue weighted by molar-refractivity contribution is -0.137. The summed E-state index contributed by atoms with van der Waals surface area (Å²) < 4.78 is 72.3. The molecule has 0 unspecified atom stereocenters. The van der Waals surface area contributed by atoms with E-state index in [-0.39, 0.29) is 6.54 Å². The molecule has 1 aromatic heterocycles. The molecule has 0 radical (unpaired) electrons. The van der Waals surface area contributed by atoms with Gasteiger partial charge in [-0.2, -0.15) is 13.2 Å². The number of halogens is 3. The van der Waals surface area contributed by atoms with Gasteiger partial charge >= 0.3 is 20.1 Å². The van der Waals surface area contributed by atoms with Crippen molar-refractivity contribution >= 4 is 19.7 Å². The third kappa shape index (κ3) is 12.2. The lowest BCUT2D eigenvalue weighted by Crippen LogP contribution is -2.35. The molecule has 0 saturated heterocycles. The lowest BCUT2D eigenvalue weighted by Gasteiger charge is -2.31. The highest BCUT2D eigenvalue weighted by Crippen LogP contribution is 2.55. The van der Waals surface area contributed by atoms with Crippen molar-refractivity contribution in [3.8, 4) is 0 Å². The molecule has 0 bridgehead atoms. The normalized spacial score (nSPS) is 13.0. The van der Waals surface area contributed by atoms with E-state index in [4.69, 9.17) is 18.3 Å². The van der Waals surface area contributed by atoms with Crippen LogP contribution >= 0.6 is 7.82 Å². The van der Waals surface area contributed by atoms with Gasteiger partial charge in [-0.3, -0.25) is 9.05 Å². The molecule has 1 aromatic rings. The van der Waals surface area contributed by atoms with Crippen molar-refractivity contribution in [2.75, 3.05) is 25.7 Å². The van der Waals surface area contributed by atoms with E-state index in [9.17, 15) is 22.5 Å². The molecule has 0 aliphatic rings. The van der Waals surface area contributed by atoms with Crippen molar-refractivity contribution in [2.24, 2.45) is 0 Å². The van der Waals surface area contributed by atoms with Crippen LogP contribution in [0.25, 0.3) is 0 Å². The van der Waals surface area contributed by atoms with E-state index in [1.54, 1.807) is 60.7 Å². The summed E-state index contributed by atoms with van der Waals surface area (Å²) in [5, 5.41) is 2.81. The second kappa shape index (κ2) is 11.5. The average molecular weight is 499 g/mol. The Bertz CT molecular complexity index is 804. The number of pyridine rings is 1. The van der Waals surface area contributed by atoms with Gasteiger partial charge in [0.05, 0.1) is 24.2 Å². The molecule has 0 aromatic carbocycles. The van der Waals surface area contributed by atoms with E-state index in [0.29, 0.717) is 11.4 Å². The van der Waals surface area contributed by atoms with Crippen molar-refractivity contribution in [2.45, 2.75) is 71.9 Å². The highest BCUT2D eigenvalue weighted by Gasteiger charge is 2.38. The standard InChI is InChI=1S/C20H33F3N3O6P/c1-18(2,3)31-33(28,32-19(4,5)6)30-14-29-17(27)26(12-10-20(21,22)23)13-15-9-8-11-25-16(15)24-7/h8-9,11H,10,12-14H2,1-7H3,(H,24,25). The molecule has 0 saturated carbocycles. The molecule has 1 N–H and O–H groups in total. The van der Waals surface area contributed by atoms with Gasteiger partial charge in [-0.15, -0.1) is 0 Å². The first-order chi connectivity index (χ1) is 14.9. The lowest BCUT2D eigenvalue weighted by atomic mass is 10.2. The third-order valence-electron chi connectivity index (χ3n) is 3.58. The fourth-order valence-electron chi connectivity index (χ4n) is 2.47. The fourth-order valence-corrected chi connectivity index (χ4v) is 4.13. The first kappa shape index (κ1) is 29.2. The van der Waals surface area contributed by atoms with Gasteiger partial charge < -0.3 is 15.0 Å². The number of anilines is 1. The number of carbonyl (C=O) groups excluding carboxylic acids is 1. The zero-order valence-corrected chi connectivity index (χ0v) is 20.9. The number of hydrogen-bond acceptors (Lipinski definition) is 8. The summed E-state index contributed by atoms with van der Waals surface area (Å²) in [6.07, 6.45) is -5.31. The molecular formula is C20H33F3N3O6P. The van der Waals surface area contributed by atoms with Crippen LogP contribution in [0, 0.1) is 0 Å². The first-order valence-electron chi connectivity index (χ1n) is 10.2. The maximum absolute atomic E-state index is 13.0. The largest absolute Gasteiger partial charge is 0.478 e. The van der Waals surface area contributed by atoms with Gasteiger partial charge in [-0.25, -0.2) is 18.9 Å². The van der Waals surface area contributed by atoms with Crippen LogP contribution in [0.4, 0.5) is 23.8 Å². The van der Waals surface area contributed by atoms with Crippen molar-refractivity contribution in [3.63, 3.8) is 0 Å². The quantitative estimate of drug-likeness (QED) is 0.322. The van der Waals surface area contributed by atoms with Crippen molar-refractivity contribution in [1.29, 1.82) is 0 Å². The Kier molecular flexibility index (Phi) is 10.2. The van der Waals surface area contributed by atoms with Crippen LogP contribution in [0.3, 0.4) is 0 Å². The van der Waals surface area contributed by atoms with E-state index in [1.165, 1.54) is 6.20 Å². The molecule has 0 fully saturated rings. The van der Waals surface area contributed by atoms with E-state index in [2.05, 4.69) is 10.3 Å². The summed E-state index contributed by atoms with van der Waals surface area (Å²) in [6, 6.07) is 3.21. The molecule has 33 heavy (non-hydrogen) atoms. The van der Waals surface area contributed by atoms with Crippen LogP contribution in [0.5, 0.6) is 0 Å². The number of amides is 1. The highest BCUT2D eigenvalue weighted by atomic mass is 31.2. The Morgan fingerprint density at radius 3 is 2.18 bits per heavy atom. The summed E-state index contributed by atoms with van der Waals surface area (Å²) in [5.41, 5.74) is -1.33. The van der Waals surface area contributed by atoms with Crippen LogP contribution in [0.1, 0.15) is 53.5 Å². The molecule has 190 valence electrons. The van der Waals surface area contributed by atoms with Crippen LogP contribution in [-0.4, -0.2) is 53.7 Å². The van der Waals surface area contributed by atoms with E-state index in [1.807, 2.05) is 0 Å². The molecule has 1 rings (SSSR count). The molecule has 1 amide bonds. The Labute approximate surface area is 192 Å². The molecular weight excluding hydrogens is 466 g/mol. The van der Waals surface area contributed by atoms with Crippen molar-refractivity contribution in [1.82, 2.24) is 9.88 Å². The maximum Gasteiger partial charge on any atom is 0.478 e. The van der Waals surface area contributed by atoms with Gasteiger partial charge in [-0.05, 0) is 47.6 Å². The molecule has 0 spiro atoms. The van der Waals surface area contributed by atoms with Crippen molar-refractivity contribution < 1.29 is 40.8 Å². The van der Waals surface area contributed by atoms with E-state index >= 15 is 0 Å². The Hall–Kier alpha value is -1.88. The average Bonchev–Trinajstić information content (AvgIpc) is 2.61. The zero-order chi connectivity index (χ0) is 25.5. The summed E-state index contributed by atoms with van der Waals surface area (Å²) in [6.45, 7) is 8.08. The number of aromatic nitrogens is 1. The van der Waals surface area contributed by atoms with Gasteiger partial charge in [-0.1, -0.05) is 6.07 Å². The van der Waals surface area contributed by atoms with Gasteiger partial charge in [0.1, 0.15) is 5.82 Å². The van der Waals surface area contributed by atoms with Crippen molar-refractivity contribution in [3.05, 3.63) is 23.9 Å². The maximum atomic E-state index is 13.0. The molecule has 1 heterocycles. The number of nitrogens with one attached hydrogen (secondary N) is 1. The van der Waals surface area contributed by atoms with Crippen LogP contribution in [0.2, 0.25) is 0 Å². The number of phosphoric acid groups is 1. The summed E-state index contributed by atoms with van der Waals surface area (Å²) in [7, 11) is -2.57. The molecule has 0 aliphatic carbocycles. The molecule has 9 nitrogen and oxygen atoms in total. The highest BCUT2D eigenvalue weighted by molar-refractivity contribution is 7.48. The summed E-state index contributed by atoms with van der Waals surface area (Å²) >= 11 is 0. The number of alkyl halides is 3. The minimum absolute atomic E-state index is 0.201. The number of carbonyl (C=O) groups is 1. The molecule has 0 atom stereocenters. The predicted octanol–water partition coefficient (Wildman–Crippen LogP) is 5.73. The number of phosphoric ester groups is 1. The van der Waals surface area contributed by atoms with Gasteiger partial charge in [0.25, 0.3) is 0 Å². The third-order valence-corrected chi connectivity index (χ3v) is 5.54.